The van der Waals surface area contributed by atoms with Crippen molar-refractivity contribution in [3.05, 3.63) is 59.4 Å². The average molecular weight is 304 g/mol. The Morgan fingerprint density at radius 1 is 1.09 bits per heavy atom. The lowest BCUT2D eigenvalue weighted by Crippen LogP contribution is -2.05. The van der Waals surface area contributed by atoms with Crippen LogP contribution in [0.3, 0.4) is 0 Å². The number of Topliss-reactive ketones (excluding diaryl/α,β-unsaturated/α-hetero) is 1. The minimum atomic E-state index is -0.290. The summed E-state index contributed by atoms with van der Waals surface area (Å²) >= 11 is 0. The van der Waals surface area contributed by atoms with Crippen molar-refractivity contribution < 1.29 is 23.4 Å². The van der Waals surface area contributed by atoms with Gasteiger partial charge in [0, 0.05) is 7.11 Å². The Labute approximate surface area is 128 Å². The number of ether oxygens (including phenoxy) is 3. The monoisotopic (exact) mass is 304 g/mol. The van der Waals surface area contributed by atoms with Crippen molar-refractivity contribution in [2.24, 2.45) is 0 Å². The second-order valence-corrected chi connectivity index (χ2v) is 4.68. The highest BCUT2D eigenvalue weighted by Gasteiger charge is 2.10. The quantitative estimate of drug-likeness (QED) is 0.579. The zero-order valence-electron chi connectivity index (χ0n) is 12.5. The van der Waals surface area contributed by atoms with E-state index in [-0.39, 0.29) is 25.0 Å². The molecule has 0 N–H and O–H groups in total. The molecule has 5 heteroatoms. The van der Waals surface area contributed by atoms with Crippen molar-refractivity contribution in [3.8, 4) is 11.5 Å². The van der Waals surface area contributed by atoms with E-state index in [9.17, 15) is 9.18 Å². The van der Waals surface area contributed by atoms with E-state index >= 15 is 0 Å². The molecule has 0 aliphatic heterocycles. The lowest BCUT2D eigenvalue weighted by molar-refractivity contribution is 0.0502. The van der Waals surface area contributed by atoms with E-state index in [1.165, 1.54) is 26.2 Å². The molecule has 0 bridgehead atoms. The second kappa shape index (κ2) is 7.56. The third kappa shape index (κ3) is 4.30. The van der Waals surface area contributed by atoms with E-state index in [1.54, 1.807) is 30.3 Å². The highest BCUT2D eigenvalue weighted by atomic mass is 19.1. The first-order valence-corrected chi connectivity index (χ1v) is 6.74. The van der Waals surface area contributed by atoms with Gasteiger partial charge in [0.1, 0.15) is 23.9 Å². The lowest BCUT2D eigenvalue weighted by Gasteiger charge is -2.12. The zero-order chi connectivity index (χ0) is 15.9. The predicted octanol–water partition coefficient (Wildman–Crippen LogP) is 3.59. The molecule has 22 heavy (non-hydrogen) atoms. The van der Waals surface area contributed by atoms with Gasteiger partial charge in [-0.25, -0.2) is 4.39 Å². The van der Waals surface area contributed by atoms with Gasteiger partial charge in [-0.15, -0.1) is 0 Å². The molecule has 4 nitrogen and oxygen atoms in total. The third-order valence-corrected chi connectivity index (χ3v) is 2.98. The number of methoxy groups -OCH3 is 1. The van der Waals surface area contributed by atoms with Crippen molar-refractivity contribution >= 4 is 5.78 Å². The number of halogens is 1. The van der Waals surface area contributed by atoms with E-state index < -0.39 is 0 Å². The maximum atomic E-state index is 12.8. The number of ketones is 1. The molecule has 0 spiro atoms. The Morgan fingerprint density at radius 3 is 2.45 bits per heavy atom. The van der Waals surface area contributed by atoms with Gasteiger partial charge in [-0.2, -0.15) is 0 Å². The van der Waals surface area contributed by atoms with E-state index in [2.05, 4.69) is 0 Å². The van der Waals surface area contributed by atoms with Gasteiger partial charge in [0.15, 0.2) is 12.6 Å². The molecular weight excluding hydrogens is 287 g/mol. The number of rotatable bonds is 7. The third-order valence-electron chi connectivity index (χ3n) is 2.98. The minimum absolute atomic E-state index is 0.0655. The van der Waals surface area contributed by atoms with Crippen LogP contribution in [0.5, 0.6) is 11.5 Å². The molecule has 2 aromatic rings. The molecule has 0 atom stereocenters. The van der Waals surface area contributed by atoms with Crippen molar-refractivity contribution in [1.29, 1.82) is 0 Å². The summed E-state index contributed by atoms with van der Waals surface area (Å²) in [6, 6.07) is 11.0. The maximum Gasteiger partial charge on any atom is 0.188 e. The Kier molecular flexibility index (Phi) is 5.49. The smallest absolute Gasteiger partial charge is 0.188 e. The minimum Gasteiger partial charge on any atom is -0.489 e. The number of hydrogen-bond acceptors (Lipinski definition) is 4. The van der Waals surface area contributed by atoms with Crippen LogP contribution >= 0.6 is 0 Å². The summed E-state index contributed by atoms with van der Waals surface area (Å²) in [5.74, 6) is 0.573. The summed E-state index contributed by atoms with van der Waals surface area (Å²) in [4.78, 5) is 11.7. The fourth-order valence-electron chi connectivity index (χ4n) is 1.87. The molecule has 2 rings (SSSR count). The van der Waals surface area contributed by atoms with Crippen LogP contribution in [0, 0.1) is 5.82 Å². The van der Waals surface area contributed by atoms with Gasteiger partial charge >= 0.3 is 0 Å². The number of hydrogen-bond donors (Lipinski definition) is 0. The summed E-state index contributed by atoms with van der Waals surface area (Å²) in [6.45, 7) is 1.81. The zero-order valence-corrected chi connectivity index (χ0v) is 12.5. The SMILES string of the molecule is COCOc1ccc(OCc2ccc(F)cc2)cc1C(C)=O. The molecule has 0 radical (unpaired) electrons. The van der Waals surface area contributed by atoms with Gasteiger partial charge in [0.25, 0.3) is 0 Å². The first-order valence-electron chi connectivity index (χ1n) is 6.74. The van der Waals surface area contributed by atoms with Gasteiger partial charge in [-0.1, -0.05) is 12.1 Å². The van der Waals surface area contributed by atoms with Crippen LogP contribution in [0.2, 0.25) is 0 Å². The molecule has 0 aliphatic carbocycles. The Balaban J connectivity index is 2.09. The highest BCUT2D eigenvalue weighted by molar-refractivity contribution is 5.97. The van der Waals surface area contributed by atoms with Crippen LogP contribution in [0.15, 0.2) is 42.5 Å². The summed E-state index contributed by atoms with van der Waals surface area (Å²) in [7, 11) is 1.51. The van der Waals surface area contributed by atoms with Gasteiger partial charge in [0.05, 0.1) is 5.56 Å². The Morgan fingerprint density at radius 2 is 1.82 bits per heavy atom. The molecule has 0 saturated carbocycles. The van der Waals surface area contributed by atoms with E-state index in [4.69, 9.17) is 14.2 Å². The molecule has 0 aliphatic rings. The van der Waals surface area contributed by atoms with Crippen LogP contribution in [0.1, 0.15) is 22.8 Å². The summed E-state index contributed by atoms with van der Waals surface area (Å²) < 4.78 is 28.6. The average Bonchev–Trinajstić information content (AvgIpc) is 2.52. The molecule has 0 heterocycles. The van der Waals surface area contributed by atoms with Gasteiger partial charge in [-0.3, -0.25) is 4.79 Å². The number of benzene rings is 2. The fraction of sp³-hybridized carbons (Fsp3) is 0.235. The lowest BCUT2D eigenvalue weighted by atomic mass is 10.1. The second-order valence-electron chi connectivity index (χ2n) is 4.68. The number of carbonyl (C=O) groups is 1. The van der Waals surface area contributed by atoms with Crippen molar-refractivity contribution in [3.63, 3.8) is 0 Å². The fourth-order valence-corrected chi connectivity index (χ4v) is 1.87. The van der Waals surface area contributed by atoms with Crippen LogP contribution in [0.25, 0.3) is 0 Å². The molecule has 116 valence electrons. The van der Waals surface area contributed by atoms with Crippen LogP contribution in [-0.4, -0.2) is 19.7 Å². The Hall–Kier alpha value is -2.40. The van der Waals surface area contributed by atoms with Crippen LogP contribution < -0.4 is 9.47 Å². The maximum absolute atomic E-state index is 12.8. The van der Waals surface area contributed by atoms with Crippen LogP contribution in [0.4, 0.5) is 4.39 Å². The van der Waals surface area contributed by atoms with E-state index in [1.807, 2.05) is 0 Å². The molecule has 0 unspecified atom stereocenters. The molecule has 0 amide bonds. The van der Waals surface area contributed by atoms with Gasteiger partial charge in [-0.05, 0) is 42.8 Å². The van der Waals surface area contributed by atoms with E-state index in [0.29, 0.717) is 17.1 Å². The topological polar surface area (TPSA) is 44.8 Å². The molecule has 2 aromatic carbocycles. The van der Waals surface area contributed by atoms with Gasteiger partial charge in [0.2, 0.25) is 0 Å². The summed E-state index contributed by atoms with van der Waals surface area (Å²) in [6.07, 6.45) is 0. The van der Waals surface area contributed by atoms with Crippen molar-refractivity contribution in [1.82, 2.24) is 0 Å². The number of carbonyl (C=O) groups excluding carboxylic acids is 1. The largest absolute Gasteiger partial charge is 0.489 e. The molecule has 0 saturated heterocycles. The molecule has 0 aromatic heterocycles. The predicted molar refractivity (Wildman–Crippen MR) is 79.7 cm³/mol. The molecule has 0 fully saturated rings. The Bertz CT molecular complexity index is 638. The van der Waals surface area contributed by atoms with E-state index in [0.717, 1.165) is 5.56 Å². The first-order chi connectivity index (χ1) is 10.6. The first kappa shape index (κ1) is 16.0. The summed E-state index contributed by atoms with van der Waals surface area (Å²) in [5, 5.41) is 0. The highest BCUT2D eigenvalue weighted by Crippen LogP contribution is 2.25. The van der Waals surface area contributed by atoms with Crippen molar-refractivity contribution in [2.75, 3.05) is 13.9 Å². The van der Waals surface area contributed by atoms with Crippen molar-refractivity contribution in [2.45, 2.75) is 13.5 Å². The van der Waals surface area contributed by atoms with Gasteiger partial charge < -0.3 is 14.2 Å². The van der Waals surface area contributed by atoms with Crippen LogP contribution in [-0.2, 0) is 11.3 Å². The normalized spacial score (nSPS) is 10.3. The molecular formula is C17H17FO4. The summed E-state index contributed by atoms with van der Waals surface area (Å²) in [5.41, 5.74) is 1.26. The standard InChI is InChI=1S/C17H17FO4/c1-12(19)16-9-15(7-8-17(16)22-11-20-2)21-10-13-3-5-14(18)6-4-13/h3-9H,10-11H2,1-2H3.